The molecule has 0 aliphatic carbocycles. The van der Waals surface area contributed by atoms with Crippen molar-refractivity contribution in [2.45, 2.75) is 20.5 Å². The Morgan fingerprint density at radius 1 is 1.29 bits per heavy atom. The summed E-state index contributed by atoms with van der Waals surface area (Å²) < 4.78 is 10.9. The Hall–Kier alpha value is -2.56. The number of aromatic carboxylic acids is 1. The Bertz CT molecular complexity index is 667. The molecule has 0 aliphatic heterocycles. The van der Waals surface area contributed by atoms with Crippen LogP contribution in [0.1, 0.15) is 27.3 Å². The van der Waals surface area contributed by atoms with E-state index in [1.54, 1.807) is 38.3 Å². The summed E-state index contributed by atoms with van der Waals surface area (Å²) >= 11 is 0. The topological polar surface area (TPSA) is 68.7 Å². The SMILES string of the molecule is COc1cc(C)nc(COc2cccc(C(=O)O)c2C)c1. The maximum Gasteiger partial charge on any atom is 0.336 e. The molecule has 0 bridgehead atoms. The fourth-order valence-corrected chi connectivity index (χ4v) is 2.05. The summed E-state index contributed by atoms with van der Waals surface area (Å²) in [6.45, 7) is 3.85. The number of rotatable bonds is 5. The number of hydrogen-bond donors (Lipinski definition) is 1. The van der Waals surface area contributed by atoms with Crippen LogP contribution in [0.25, 0.3) is 0 Å². The van der Waals surface area contributed by atoms with Crippen LogP contribution in [0.15, 0.2) is 30.3 Å². The predicted octanol–water partition coefficient (Wildman–Crippen LogP) is 2.98. The zero-order valence-corrected chi connectivity index (χ0v) is 12.2. The number of hydrogen-bond acceptors (Lipinski definition) is 4. The van der Waals surface area contributed by atoms with Gasteiger partial charge >= 0.3 is 5.97 Å². The zero-order chi connectivity index (χ0) is 15.4. The van der Waals surface area contributed by atoms with Crippen LogP contribution >= 0.6 is 0 Å². The van der Waals surface area contributed by atoms with Gasteiger partial charge in [-0.2, -0.15) is 0 Å². The van der Waals surface area contributed by atoms with Gasteiger partial charge in [0, 0.05) is 23.4 Å². The van der Waals surface area contributed by atoms with Gasteiger partial charge in [0.2, 0.25) is 0 Å². The fourth-order valence-electron chi connectivity index (χ4n) is 2.05. The summed E-state index contributed by atoms with van der Waals surface area (Å²) in [4.78, 5) is 15.5. The quantitative estimate of drug-likeness (QED) is 0.915. The van der Waals surface area contributed by atoms with Crippen LogP contribution in [0.2, 0.25) is 0 Å². The molecule has 0 fully saturated rings. The van der Waals surface area contributed by atoms with Crippen molar-refractivity contribution in [3.05, 3.63) is 52.8 Å². The summed E-state index contributed by atoms with van der Waals surface area (Å²) in [5, 5.41) is 9.10. The van der Waals surface area contributed by atoms with Crippen molar-refractivity contribution >= 4 is 5.97 Å². The molecule has 1 aromatic carbocycles. The fraction of sp³-hybridized carbons (Fsp3) is 0.250. The van der Waals surface area contributed by atoms with Crippen LogP contribution in [-0.4, -0.2) is 23.2 Å². The first kappa shape index (κ1) is 14.8. The number of aryl methyl sites for hydroxylation is 1. The summed E-state index contributed by atoms with van der Waals surface area (Å²) in [7, 11) is 1.60. The van der Waals surface area contributed by atoms with Gasteiger partial charge in [-0.25, -0.2) is 4.79 Å². The maximum absolute atomic E-state index is 11.1. The lowest BCUT2D eigenvalue weighted by molar-refractivity contribution is 0.0695. The zero-order valence-electron chi connectivity index (χ0n) is 12.2. The number of ether oxygens (including phenoxy) is 2. The van der Waals surface area contributed by atoms with E-state index in [4.69, 9.17) is 14.6 Å². The monoisotopic (exact) mass is 287 g/mol. The molecule has 0 saturated heterocycles. The molecule has 2 aromatic rings. The van der Waals surface area contributed by atoms with Crippen LogP contribution in [-0.2, 0) is 6.61 Å². The summed E-state index contributed by atoms with van der Waals surface area (Å²) in [5.41, 5.74) is 2.41. The molecule has 1 aromatic heterocycles. The standard InChI is InChI=1S/C16H17NO4/c1-10-7-13(20-3)8-12(17-10)9-21-15-6-4-5-14(11(15)2)16(18)19/h4-8H,9H2,1-3H3,(H,18,19). The lowest BCUT2D eigenvalue weighted by Gasteiger charge is -2.11. The highest BCUT2D eigenvalue weighted by molar-refractivity contribution is 5.90. The molecule has 0 atom stereocenters. The molecule has 0 spiro atoms. The van der Waals surface area contributed by atoms with E-state index in [-0.39, 0.29) is 12.2 Å². The molecule has 2 rings (SSSR count). The third-order valence-corrected chi connectivity index (χ3v) is 3.11. The Morgan fingerprint density at radius 3 is 2.71 bits per heavy atom. The van der Waals surface area contributed by atoms with Crippen LogP contribution in [0, 0.1) is 13.8 Å². The van der Waals surface area contributed by atoms with Gasteiger partial charge in [0.1, 0.15) is 18.1 Å². The van der Waals surface area contributed by atoms with Crippen LogP contribution in [0.4, 0.5) is 0 Å². The summed E-state index contributed by atoms with van der Waals surface area (Å²) in [6.07, 6.45) is 0. The summed E-state index contributed by atoms with van der Waals surface area (Å²) in [5.74, 6) is 0.294. The molecule has 0 radical (unpaired) electrons. The van der Waals surface area contributed by atoms with E-state index in [0.717, 1.165) is 17.1 Å². The number of aromatic nitrogens is 1. The van der Waals surface area contributed by atoms with Gasteiger partial charge in [-0.1, -0.05) is 6.07 Å². The van der Waals surface area contributed by atoms with Gasteiger partial charge in [-0.15, -0.1) is 0 Å². The number of methoxy groups -OCH3 is 1. The average Bonchev–Trinajstić information content (AvgIpc) is 2.45. The Morgan fingerprint density at radius 2 is 2.05 bits per heavy atom. The first-order chi connectivity index (χ1) is 10.0. The van der Waals surface area contributed by atoms with Gasteiger partial charge in [-0.3, -0.25) is 4.98 Å². The molecule has 5 heteroatoms. The number of benzene rings is 1. The van der Waals surface area contributed by atoms with Gasteiger partial charge < -0.3 is 14.6 Å². The van der Waals surface area contributed by atoms with E-state index in [0.29, 0.717) is 11.3 Å². The Balaban J connectivity index is 2.19. The van der Waals surface area contributed by atoms with Gasteiger partial charge in [0.05, 0.1) is 18.4 Å². The molecule has 1 N–H and O–H groups in total. The molecule has 0 aliphatic rings. The van der Waals surface area contributed by atoms with Gasteiger partial charge in [-0.05, 0) is 26.0 Å². The molecule has 5 nitrogen and oxygen atoms in total. The number of carboxylic acids is 1. The largest absolute Gasteiger partial charge is 0.497 e. The van der Waals surface area contributed by atoms with Crippen LogP contribution < -0.4 is 9.47 Å². The molecule has 21 heavy (non-hydrogen) atoms. The maximum atomic E-state index is 11.1. The van der Waals surface area contributed by atoms with Crippen molar-refractivity contribution in [1.29, 1.82) is 0 Å². The molecular formula is C16H17NO4. The van der Waals surface area contributed by atoms with Gasteiger partial charge in [0.15, 0.2) is 0 Å². The lowest BCUT2D eigenvalue weighted by Crippen LogP contribution is -2.04. The van der Waals surface area contributed by atoms with Crippen LogP contribution in [0.3, 0.4) is 0 Å². The first-order valence-electron chi connectivity index (χ1n) is 6.48. The van der Waals surface area contributed by atoms with E-state index < -0.39 is 5.97 Å². The third-order valence-electron chi connectivity index (χ3n) is 3.11. The molecule has 0 amide bonds. The van der Waals surface area contributed by atoms with Crippen molar-refractivity contribution in [2.75, 3.05) is 7.11 Å². The normalized spacial score (nSPS) is 10.2. The second-order valence-electron chi connectivity index (χ2n) is 4.66. The van der Waals surface area contributed by atoms with Crippen molar-refractivity contribution in [3.8, 4) is 11.5 Å². The number of nitrogens with zero attached hydrogens (tertiary/aromatic N) is 1. The van der Waals surface area contributed by atoms with E-state index in [1.165, 1.54) is 0 Å². The van der Waals surface area contributed by atoms with Crippen LogP contribution in [0.5, 0.6) is 11.5 Å². The molecule has 0 saturated carbocycles. The molecule has 1 heterocycles. The van der Waals surface area contributed by atoms with Gasteiger partial charge in [0.25, 0.3) is 0 Å². The third kappa shape index (κ3) is 3.51. The minimum absolute atomic E-state index is 0.238. The Labute approximate surface area is 123 Å². The average molecular weight is 287 g/mol. The highest BCUT2D eigenvalue weighted by atomic mass is 16.5. The minimum Gasteiger partial charge on any atom is -0.497 e. The minimum atomic E-state index is -0.965. The lowest BCUT2D eigenvalue weighted by atomic mass is 10.1. The second-order valence-corrected chi connectivity index (χ2v) is 4.66. The molecular weight excluding hydrogens is 270 g/mol. The second kappa shape index (κ2) is 6.26. The number of pyridine rings is 1. The van der Waals surface area contributed by atoms with Crippen molar-refractivity contribution in [1.82, 2.24) is 4.98 Å². The van der Waals surface area contributed by atoms with E-state index >= 15 is 0 Å². The van der Waals surface area contributed by atoms with Crippen molar-refractivity contribution in [3.63, 3.8) is 0 Å². The van der Waals surface area contributed by atoms with Crippen molar-refractivity contribution in [2.24, 2.45) is 0 Å². The van der Waals surface area contributed by atoms with E-state index in [1.807, 2.05) is 13.0 Å². The number of carbonyl (C=O) groups is 1. The van der Waals surface area contributed by atoms with E-state index in [2.05, 4.69) is 4.98 Å². The first-order valence-corrected chi connectivity index (χ1v) is 6.48. The highest BCUT2D eigenvalue weighted by Gasteiger charge is 2.11. The smallest absolute Gasteiger partial charge is 0.336 e. The molecule has 0 unspecified atom stereocenters. The predicted molar refractivity (Wildman–Crippen MR) is 78.0 cm³/mol. The number of carboxylic acid groups (broad SMARTS) is 1. The molecule has 110 valence electrons. The van der Waals surface area contributed by atoms with Crippen molar-refractivity contribution < 1.29 is 19.4 Å². The Kier molecular flexibility index (Phi) is 4.42. The highest BCUT2D eigenvalue weighted by Crippen LogP contribution is 2.23. The van der Waals surface area contributed by atoms with E-state index in [9.17, 15) is 4.79 Å². The summed E-state index contributed by atoms with van der Waals surface area (Å²) in [6, 6.07) is 8.59.